The first kappa shape index (κ1) is 18.5. The summed E-state index contributed by atoms with van der Waals surface area (Å²) in [6.07, 6.45) is -3.35. The first-order valence-electron chi connectivity index (χ1n) is 7.76. The molecule has 8 heteroatoms. The molecule has 2 rings (SSSR count). The second-order valence-electron chi connectivity index (χ2n) is 5.11. The van der Waals surface area contributed by atoms with Gasteiger partial charge >= 0.3 is 6.18 Å². The lowest BCUT2D eigenvalue weighted by atomic mass is 10.2. The number of hydrogen-bond acceptors (Lipinski definition) is 5. The van der Waals surface area contributed by atoms with Crippen LogP contribution in [0.2, 0.25) is 0 Å². The van der Waals surface area contributed by atoms with Gasteiger partial charge in [0.15, 0.2) is 0 Å². The van der Waals surface area contributed by atoms with E-state index in [2.05, 4.69) is 16.0 Å². The maximum Gasteiger partial charge on any atom is 0.423 e. The van der Waals surface area contributed by atoms with E-state index in [0.717, 1.165) is 0 Å². The molecule has 0 amide bonds. The average molecular weight is 350 g/mol. The lowest BCUT2D eigenvalue weighted by Gasteiger charge is -2.23. The second-order valence-corrected chi connectivity index (χ2v) is 5.11. The number of ether oxygens (including phenoxy) is 1. The largest absolute Gasteiger partial charge is 0.477 e. The molecule has 5 nitrogen and oxygen atoms in total. The van der Waals surface area contributed by atoms with Gasteiger partial charge in [-0.1, -0.05) is 19.1 Å². The number of rotatable bonds is 6. The van der Waals surface area contributed by atoms with Crippen molar-refractivity contribution in [3.05, 3.63) is 41.6 Å². The molecule has 0 saturated heterocycles. The van der Waals surface area contributed by atoms with Crippen molar-refractivity contribution in [2.45, 2.75) is 26.4 Å². The molecule has 0 atom stereocenters. The Morgan fingerprint density at radius 2 is 1.96 bits per heavy atom. The van der Waals surface area contributed by atoms with Gasteiger partial charge in [0, 0.05) is 12.7 Å². The Bertz CT molecular complexity index is 771. The standard InChI is InChI=1S/C17H17F3N4O/c1-3-9-25-15-13(17(18,19)20)11-22-16(23-15)24(4-2)14-8-6-5-7-12(14)10-21/h5-8,11H,3-4,9H2,1-2H3. The highest BCUT2D eigenvalue weighted by Crippen LogP contribution is 2.36. The minimum atomic E-state index is -4.61. The van der Waals surface area contributed by atoms with Crippen molar-refractivity contribution in [1.29, 1.82) is 5.26 Å². The number of aromatic nitrogens is 2. The Morgan fingerprint density at radius 3 is 2.56 bits per heavy atom. The van der Waals surface area contributed by atoms with Crippen molar-refractivity contribution >= 4 is 11.6 Å². The summed E-state index contributed by atoms with van der Waals surface area (Å²) in [4.78, 5) is 9.37. The first-order valence-corrected chi connectivity index (χ1v) is 7.76. The highest BCUT2D eigenvalue weighted by Gasteiger charge is 2.36. The van der Waals surface area contributed by atoms with Crippen LogP contribution in [-0.2, 0) is 6.18 Å². The number of alkyl halides is 3. The van der Waals surface area contributed by atoms with Gasteiger partial charge in [0.05, 0.1) is 17.9 Å². The monoisotopic (exact) mass is 350 g/mol. The maximum absolute atomic E-state index is 13.1. The predicted molar refractivity (Wildman–Crippen MR) is 86.7 cm³/mol. The summed E-state index contributed by atoms with van der Waals surface area (Å²) in [7, 11) is 0. The van der Waals surface area contributed by atoms with E-state index in [1.54, 1.807) is 43.0 Å². The molecular formula is C17H17F3N4O. The third-order valence-corrected chi connectivity index (χ3v) is 3.36. The molecule has 2 aromatic rings. The summed E-state index contributed by atoms with van der Waals surface area (Å²) >= 11 is 0. The summed E-state index contributed by atoms with van der Waals surface area (Å²) in [5, 5.41) is 9.24. The number of nitriles is 1. The molecule has 0 N–H and O–H groups in total. The fraction of sp³-hybridized carbons (Fsp3) is 0.353. The quantitative estimate of drug-likeness (QED) is 0.777. The molecule has 0 saturated carbocycles. The molecule has 132 valence electrons. The maximum atomic E-state index is 13.1. The van der Waals surface area contributed by atoms with Crippen molar-refractivity contribution in [2.75, 3.05) is 18.1 Å². The van der Waals surface area contributed by atoms with Crippen LogP contribution < -0.4 is 9.64 Å². The van der Waals surface area contributed by atoms with Gasteiger partial charge in [-0.2, -0.15) is 23.4 Å². The van der Waals surface area contributed by atoms with E-state index < -0.39 is 17.6 Å². The minimum absolute atomic E-state index is 0.0457. The normalized spacial score (nSPS) is 11.0. The Hall–Kier alpha value is -2.82. The summed E-state index contributed by atoms with van der Waals surface area (Å²) in [6, 6.07) is 8.81. The summed E-state index contributed by atoms with van der Waals surface area (Å²) in [6.45, 7) is 4.07. The highest BCUT2D eigenvalue weighted by atomic mass is 19.4. The topological polar surface area (TPSA) is 62.0 Å². The van der Waals surface area contributed by atoms with E-state index in [1.165, 1.54) is 0 Å². The van der Waals surface area contributed by atoms with E-state index >= 15 is 0 Å². The SMILES string of the molecule is CCCOc1nc(N(CC)c2ccccc2C#N)ncc1C(F)(F)F. The van der Waals surface area contributed by atoms with Crippen LogP contribution in [0.15, 0.2) is 30.5 Å². The summed E-state index contributed by atoms with van der Waals surface area (Å²) in [5.41, 5.74) is -0.119. The lowest BCUT2D eigenvalue weighted by molar-refractivity contribution is -0.139. The molecule has 0 bridgehead atoms. The second kappa shape index (κ2) is 7.83. The zero-order valence-corrected chi connectivity index (χ0v) is 13.8. The van der Waals surface area contributed by atoms with Gasteiger partial charge in [0.2, 0.25) is 11.8 Å². The van der Waals surface area contributed by atoms with E-state index in [0.29, 0.717) is 30.4 Å². The third-order valence-electron chi connectivity index (χ3n) is 3.36. The zero-order chi connectivity index (χ0) is 18.4. The molecule has 0 spiro atoms. The zero-order valence-electron chi connectivity index (χ0n) is 13.8. The Balaban J connectivity index is 2.51. The lowest BCUT2D eigenvalue weighted by Crippen LogP contribution is -2.21. The van der Waals surface area contributed by atoms with Gasteiger partial charge in [0.1, 0.15) is 11.6 Å². The predicted octanol–water partition coefficient (Wildman–Crippen LogP) is 4.31. The van der Waals surface area contributed by atoms with Crippen molar-refractivity contribution in [1.82, 2.24) is 9.97 Å². The highest BCUT2D eigenvalue weighted by molar-refractivity contribution is 5.65. The van der Waals surface area contributed by atoms with Crippen LogP contribution in [0.3, 0.4) is 0 Å². The van der Waals surface area contributed by atoms with Crippen LogP contribution >= 0.6 is 0 Å². The molecule has 0 radical (unpaired) electrons. The van der Waals surface area contributed by atoms with Crippen molar-refractivity contribution < 1.29 is 17.9 Å². The summed E-state index contributed by atoms with van der Waals surface area (Å²) < 4.78 is 44.5. The van der Waals surface area contributed by atoms with Gasteiger partial charge in [-0.3, -0.25) is 0 Å². The fourth-order valence-electron chi connectivity index (χ4n) is 2.21. The van der Waals surface area contributed by atoms with Gasteiger partial charge in [-0.15, -0.1) is 0 Å². The number of halogens is 3. The number of hydrogen-bond donors (Lipinski definition) is 0. The third kappa shape index (κ3) is 4.18. The minimum Gasteiger partial charge on any atom is -0.477 e. The Morgan fingerprint density at radius 1 is 1.24 bits per heavy atom. The molecular weight excluding hydrogens is 333 g/mol. The molecule has 0 fully saturated rings. The summed E-state index contributed by atoms with van der Waals surface area (Å²) in [5.74, 6) is -0.462. The molecule has 0 aliphatic heterocycles. The van der Waals surface area contributed by atoms with E-state index in [4.69, 9.17) is 4.74 Å². The number of benzene rings is 1. The van der Waals surface area contributed by atoms with Crippen molar-refractivity contribution in [2.24, 2.45) is 0 Å². The molecule has 1 heterocycles. The van der Waals surface area contributed by atoms with Crippen LogP contribution in [0.4, 0.5) is 24.8 Å². The van der Waals surface area contributed by atoms with Crippen molar-refractivity contribution in [3.63, 3.8) is 0 Å². The van der Waals surface area contributed by atoms with Gasteiger partial charge < -0.3 is 9.64 Å². The van der Waals surface area contributed by atoms with Crippen LogP contribution in [-0.4, -0.2) is 23.1 Å². The van der Waals surface area contributed by atoms with E-state index in [-0.39, 0.29) is 12.6 Å². The number of para-hydroxylation sites is 1. The molecule has 0 unspecified atom stereocenters. The van der Waals surface area contributed by atoms with Gasteiger partial charge in [0.25, 0.3) is 0 Å². The molecule has 0 aliphatic carbocycles. The average Bonchev–Trinajstić information content (AvgIpc) is 2.60. The Kier molecular flexibility index (Phi) is 5.80. The van der Waals surface area contributed by atoms with Crippen LogP contribution in [0.5, 0.6) is 5.88 Å². The van der Waals surface area contributed by atoms with Crippen LogP contribution in [0.1, 0.15) is 31.4 Å². The first-order chi connectivity index (χ1) is 11.9. The fourth-order valence-corrected chi connectivity index (χ4v) is 2.21. The van der Waals surface area contributed by atoms with Crippen molar-refractivity contribution in [3.8, 4) is 11.9 Å². The van der Waals surface area contributed by atoms with E-state index in [9.17, 15) is 18.4 Å². The van der Waals surface area contributed by atoms with Crippen LogP contribution in [0, 0.1) is 11.3 Å². The number of nitrogens with zero attached hydrogens (tertiary/aromatic N) is 4. The Labute approximate surface area is 143 Å². The molecule has 0 aliphatic rings. The number of anilines is 2. The van der Waals surface area contributed by atoms with Gasteiger partial charge in [-0.05, 0) is 25.5 Å². The van der Waals surface area contributed by atoms with Gasteiger partial charge in [-0.25, -0.2) is 4.98 Å². The van der Waals surface area contributed by atoms with E-state index in [1.807, 2.05) is 0 Å². The molecule has 1 aromatic carbocycles. The molecule has 1 aromatic heterocycles. The molecule has 25 heavy (non-hydrogen) atoms. The smallest absolute Gasteiger partial charge is 0.423 e. The van der Waals surface area contributed by atoms with Crippen LogP contribution in [0.25, 0.3) is 0 Å².